The molecule has 1 aromatic heterocycles. The summed E-state index contributed by atoms with van der Waals surface area (Å²) in [6.45, 7) is 4.23. The topological polar surface area (TPSA) is 15.3 Å². The van der Waals surface area contributed by atoms with E-state index in [1.165, 1.54) is 15.3 Å². The minimum Gasteiger partial charge on any atom is -0.315 e. The van der Waals surface area contributed by atoms with E-state index in [1.54, 1.807) is 0 Å². The third-order valence-corrected chi connectivity index (χ3v) is 3.00. The lowest BCUT2D eigenvalue weighted by atomic mass is 10.2. The molecule has 0 saturated carbocycles. The molecule has 1 rings (SSSR count). The summed E-state index contributed by atoms with van der Waals surface area (Å²) >= 11 is 1.89. The summed E-state index contributed by atoms with van der Waals surface area (Å²) in [5, 5.41) is 3.17. The zero-order valence-electron chi connectivity index (χ0n) is 8.85. The Balaban J connectivity index is 2.71. The van der Waals surface area contributed by atoms with Gasteiger partial charge in [-0.25, -0.2) is 0 Å². The minimum absolute atomic E-state index is 0.985. The molecule has 0 radical (unpaired) electrons. The fourth-order valence-corrected chi connectivity index (χ4v) is 2.41. The van der Waals surface area contributed by atoms with Crippen molar-refractivity contribution >= 4 is 11.3 Å². The molecule has 0 bridgehead atoms. The molecule has 74 valence electrons. The summed E-state index contributed by atoms with van der Waals surface area (Å²) in [4.78, 5) is 5.08. The van der Waals surface area contributed by atoms with Gasteiger partial charge in [0.25, 0.3) is 0 Å². The average Bonchev–Trinajstić information content (AvgIpc) is 2.31. The Kier molecular flexibility index (Phi) is 3.90. The predicted octanol–water partition coefficient (Wildman–Crippen LogP) is 1.84. The molecule has 2 nitrogen and oxygen atoms in total. The molecule has 0 aliphatic heterocycles. The number of rotatable bonds is 4. The fraction of sp³-hybridized carbons (Fsp3) is 0.600. The Hall–Kier alpha value is -0.380. The molecule has 0 amide bonds. The Labute approximate surface area is 84.6 Å². The van der Waals surface area contributed by atoms with Crippen molar-refractivity contribution < 1.29 is 0 Å². The molecule has 0 aromatic carbocycles. The molecule has 0 aliphatic rings. The maximum Gasteiger partial charge on any atom is 0.0296 e. The van der Waals surface area contributed by atoms with Crippen LogP contribution in [0.15, 0.2) is 6.07 Å². The van der Waals surface area contributed by atoms with Crippen LogP contribution in [0.5, 0.6) is 0 Å². The number of hydrogen-bond donors (Lipinski definition) is 1. The van der Waals surface area contributed by atoms with Crippen molar-refractivity contribution in [3.8, 4) is 0 Å². The highest BCUT2D eigenvalue weighted by Gasteiger charge is 2.05. The van der Waals surface area contributed by atoms with E-state index in [9.17, 15) is 0 Å². The van der Waals surface area contributed by atoms with Crippen molar-refractivity contribution in [2.75, 3.05) is 21.1 Å². The van der Waals surface area contributed by atoms with E-state index in [4.69, 9.17) is 0 Å². The number of hydrogen-bond acceptors (Lipinski definition) is 3. The highest BCUT2D eigenvalue weighted by molar-refractivity contribution is 7.12. The SMILES string of the molecule is CNCc1cc(CN(C)C)c(C)s1. The van der Waals surface area contributed by atoms with Gasteiger partial charge in [0, 0.05) is 22.8 Å². The van der Waals surface area contributed by atoms with E-state index in [2.05, 4.69) is 37.3 Å². The molecular weight excluding hydrogens is 180 g/mol. The zero-order chi connectivity index (χ0) is 9.84. The van der Waals surface area contributed by atoms with Crippen LogP contribution in [0.25, 0.3) is 0 Å². The molecule has 1 N–H and O–H groups in total. The van der Waals surface area contributed by atoms with Gasteiger partial charge in [0.1, 0.15) is 0 Å². The molecule has 0 spiro atoms. The second-order valence-corrected chi connectivity index (χ2v) is 4.90. The fourth-order valence-electron chi connectivity index (χ4n) is 1.35. The molecule has 3 heteroatoms. The van der Waals surface area contributed by atoms with Crippen molar-refractivity contribution in [1.29, 1.82) is 0 Å². The van der Waals surface area contributed by atoms with Gasteiger partial charge in [0.05, 0.1) is 0 Å². The quantitative estimate of drug-likeness (QED) is 0.794. The maximum atomic E-state index is 3.17. The number of aryl methyl sites for hydroxylation is 1. The molecule has 0 aliphatic carbocycles. The molecule has 1 aromatic rings. The lowest BCUT2D eigenvalue weighted by Gasteiger charge is -2.07. The molecule has 13 heavy (non-hydrogen) atoms. The van der Waals surface area contributed by atoms with Gasteiger partial charge >= 0.3 is 0 Å². The average molecular weight is 198 g/mol. The Bertz CT molecular complexity index is 266. The van der Waals surface area contributed by atoms with E-state index in [-0.39, 0.29) is 0 Å². The third kappa shape index (κ3) is 3.10. The standard InChI is InChI=1S/C10H18N2S/c1-8-9(7-12(3)4)5-10(13-8)6-11-2/h5,11H,6-7H2,1-4H3. The predicted molar refractivity (Wildman–Crippen MR) is 59.2 cm³/mol. The van der Waals surface area contributed by atoms with Crippen LogP contribution in [-0.2, 0) is 13.1 Å². The summed E-state index contributed by atoms with van der Waals surface area (Å²) < 4.78 is 0. The maximum absolute atomic E-state index is 3.17. The van der Waals surface area contributed by atoms with Gasteiger partial charge in [-0.2, -0.15) is 0 Å². The monoisotopic (exact) mass is 198 g/mol. The number of nitrogens with zero attached hydrogens (tertiary/aromatic N) is 1. The van der Waals surface area contributed by atoms with Crippen molar-refractivity contribution in [2.45, 2.75) is 20.0 Å². The van der Waals surface area contributed by atoms with Crippen molar-refractivity contribution in [3.63, 3.8) is 0 Å². The van der Waals surface area contributed by atoms with Gasteiger partial charge in [0.2, 0.25) is 0 Å². The Morgan fingerprint density at radius 1 is 1.46 bits per heavy atom. The van der Waals surface area contributed by atoms with Crippen LogP contribution in [0.1, 0.15) is 15.3 Å². The summed E-state index contributed by atoms with van der Waals surface area (Å²) in [7, 11) is 6.20. The van der Waals surface area contributed by atoms with Crippen LogP contribution < -0.4 is 5.32 Å². The number of thiophene rings is 1. The van der Waals surface area contributed by atoms with Gasteiger partial charge in [0.15, 0.2) is 0 Å². The molecule has 0 unspecified atom stereocenters. The van der Waals surface area contributed by atoms with Crippen LogP contribution >= 0.6 is 11.3 Å². The smallest absolute Gasteiger partial charge is 0.0296 e. The van der Waals surface area contributed by atoms with E-state index in [1.807, 2.05) is 18.4 Å². The highest BCUT2D eigenvalue weighted by Crippen LogP contribution is 2.22. The van der Waals surface area contributed by atoms with Gasteiger partial charge in [-0.15, -0.1) is 11.3 Å². The summed E-state index contributed by atoms with van der Waals surface area (Å²) in [5.74, 6) is 0. The molecule has 1 heterocycles. The first-order valence-corrected chi connectivity index (χ1v) is 5.32. The summed E-state index contributed by atoms with van der Waals surface area (Å²) in [5.41, 5.74) is 1.46. The van der Waals surface area contributed by atoms with Crippen molar-refractivity contribution in [1.82, 2.24) is 10.2 Å². The molecule has 0 atom stereocenters. The first-order chi connectivity index (χ1) is 6.13. The Morgan fingerprint density at radius 2 is 2.15 bits per heavy atom. The van der Waals surface area contributed by atoms with Crippen LogP contribution in [0.3, 0.4) is 0 Å². The molecule has 0 saturated heterocycles. The second kappa shape index (κ2) is 4.74. The van der Waals surface area contributed by atoms with Crippen molar-refractivity contribution in [2.24, 2.45) is 0 Å². The van der Waals surface area contributed by atoms with E-state index in [0.717, 1.165) is 13.1 Å². The highest BCUT2D eigenvalue weighted by atomic mass is 32.1. The van der Waals surface area contributed by atoms with Gasteiger partial charge < -0.3 is 10.2 Å². The van der Waals surface area contributed by atoms with E-state index in [0.29, 0.717) is 0 Å². The first kappa shape index (κ1) is 10.7. The van der Waals surface area contributed by atoms with Gasteiger partial charge in [-0.3, -0.25) is 0 Å². The van der Waals surface area contributed by atoms with Crippen LogP contribution in [-0.4, -0.2) is 26.0 Å². The largest absolute Gasteiger partial charge is 0.315 e. The van der Waals surface area contributed by atoms with Gasteiger partial charge in [-0.1, -0.05) is 0 Å². The summed E-state index contributed by atoms with van der Waals surface area (Å²) in [6, 6.07) is 2.30. The third-order valence-electron chi connectivity index (χ3n) is 1.91. The van der Waals surface area contributed by atoms with Crippen LogP contribution in [0, 0.1) is 6.92 Å². The summed E-state index contributed by atoms with van der Waals surface area (Å²) in [6.07, 6.45) is 0. The molecular formula is C10H18N2S. The molecule has 0 fully saturated rings. The van der Waals surface area contributed by atoms with E-state index < -0.39 is 0 Å². The lowest BCUT2D eigenvalue weighted by Crippen LogP contribution is -2.10. The first-order valence-electron chi connectivity index (χ1n) is 4.51. The minimum atomic E-state index is 0.985. The zero-order valence-corrected chi connectivity index (χ0v) is 9.66. The number of nitrogens with one attached hydrogen (secondary N) is 1. The van der Waals surface area contributed by atoms with E-state index >= 15 is 0 Å². The normalized spacial score (nSPS) is 11.2. The van der Waals surface area contributed by atoms with Crippen molar-refractivity contribution in [3.05, 3.63) is 21.4 Å². The Morgan fingerprint density at radius 3 is 2.69 bits per heavy atom. The van der Waals surface area contributed by atoms with Gasteiger partial charge in [-0.05, 0) is 39.7 Å². The lowest BCUT2D eigenvalue weighted by molar-refractivity contribution is 0.402. The van der Waals surface area contributed by atoms with Crippen LogP contribution in [0.4, 0.5) is 0 Å². The second-order valence-electron chi connectivity index (χ2n) is 3.56. The van der Waals surface area contributed by atoms with Crippen LogP contribution in [0.2, 0.25) is 0 Å².